The lowest BCUT2D eigenvalue weighted by Gasteiger charge is -2.11. The molecule has 1 aliphatic rings. The average Bonchev–Trinajstić information content (AvgIpc) is 3.03. The molecule has 0 bridgehead atoms. The van der Waals surface area contributed by atoms with E-state index in [2.05, 4.69) is 4.98 Å². The highest BCUT2D eigenvalue weighted by Gasteiger charge is 2.20. The summed E-state index contributed by atoms with van der Waals surface area (Å²) in [5.74, 6) is -0.348. The molecule has 1 aliphatic carbocycles. The molecule has 0 atom stereocenters. The minimum absolute atomic E-state index is 0.00885. The molecule has 0 saturated heterocycles. The second-order valence-electron chi connectivity index (χ2n) is 7.22. The molecule has 3 aromatic rings. The first-order valence-corrected chi connectivity index (χ1v) is 10.1. The van der Waals surface area contributed by atoms with Crippen LogP contribution in [-0.2, 0) is 24.1 Å². The standard InChI is InChI=1S/C21H22N2O3S/c1-13(2)26-21(25)15-7-5-6-14(10-15)11-23-12-22-19-18(20(23)24)16-8-3-4-9-17(16)27-19/h5-7,10,12-13H,3-4,8-9,11H2,1-2H3. The minimum Gasteiger partial charge on any atom is -0.459 e. The molecule has 2 heterocycles. The molecule has 0 amide bonds. The van der Waals surface area contributed by atoms with Gasteiger partial charge in [-0.05, 0) is 62.8 Å². The Hall–Kier alpha value is -2.47. The molecule has 4 rings (SSSR count). The van der Waals surface area contributed by atoms with Gasteiger partial charge in [0.15, 0.2) is 0 Å². The van der Waals surface area contributed by atoms with E-state index in [1.165, 1.54) is 16.9 Å². The van der Waals surface area contributed by atoms with Crippen molar-refractivity contribution < 1.29 is 9.53 Å². The van der Waals surface area contributed by atoms with Gasteiger partial charge >= 0.3 is 5.97 Å². The third-order valence-corrected chi connectivity index (χ3v) is 6.00. The van der Waals surface area contributed by atoms with Crippen LogP contribution in [0.3, 0.4) is 0 Å². The van der Waals surface area contributed by atoms with Crippen molar-refractivity contribution in [2.24, 2.45) is 0 Å². The fourth-order valence-corrected chi connectivity index (χ4v) is 4.79. The summed E-state index contributed by atoms with van der Waals surface area (Å²) in [6, 6.07) is 7.24. The van der Waals surface area contributed by atoms with E-state index in [4.69, 9.17) is 4.74 Å². The van der Waals surface area contributed by atoms with Crippen molar-refractivity contribution in [3.05, 3.63) is 62.5 Å². The van der Waals surface area contributed by atoms with Gasteiger partial charge in [0, 0.05) is 4.88 Å². The van der Waals surface area contributed by atoms with E-state index in [1.54, 1.807) is 34.4 Å². The van der Waals surface area contributed by atoms with Gasteiger partial charge in [0.25, 0.3) is 5.56 Å². The predicted molar refractivity (Wildman–Crippen MR) is 107 cm³/mol. The number of fused-ring (bicyclic) bond motifs is 3. The Bertz CT molecular complexity index is 1060. The highest BCUT2D eigenvalue weighted by molar-refractivity contribution is 7.18. The number of rotatable bonds is 4. The number of carbonyl (C=O) groups is 1. The molecule has 140 valence electrons. The number of hydrogen-bond acceptors (Lipinski definition) is 5. The molecular weight excluding hydrogens is 360 g/mol. The SMILES string of the molecule is CC(C)OC(=O)c1cccc(Cn2cnc3sc4c(c3c2=O)CCCC4)c1. The summed E-state index contributed by atoms with van der Waals surface area (Å²) in [4.78, 5) is 31.9. The van der Waals surface area contributed by atoms with Gasteiger partial charge in [0.2, 0.25) is 0 Å². The van der Waals surface area contributed by atoms with Crippen LogP contribution in [0, 0.1) is 0 Å². The summed E-state index contributed by atoms with van der Waals surface area (Å²) in [6.45, 7) is 4.03. The number of carbonyl (C=O) groups excluding carboxylic acids is 1. The summed E-state index contributed by atoms with van der Waals surface area (Å²) in [5.41, 5.74) is 2.58. The molecular formula is C21H22N2O3S. The highest BCUT2D eigenvalue weighted by atomic mass is 32.1. The number of aromatic nitrogens is 2. The van der Waals surface area contributed by atoms with Gasteiger partial charge in [-0.15, -0.1) is 11.3 Å². The van der Waals surface area contributed by atoms with Crippen LogP contribution in [0.25, 0.3) is 10.2 Å². The van der Waals surface area contributed by atoms with E-state index in [-0.39, 0.29) is 17.6 Å². The van der Waals surface area contributed by atoms with Crippen LogP contribution in [0.15, 0.2) is 35.4 Å². The molecule has 0 unspecified atom stereocenters. The Morgan fingerprint density at radius 2 is 2.11 bits per heavy atom. The Balaban J connectivity index is 1.67. The lowest BCUT2D eigenvalue weighted by molar-refractivity contribution is 0.0378. The first-order chi connectivity index (χ1) is 13.0. The first kappa shape index (κ1) is 17.9. The van der Waals surface area contributed by atoms with Gasteiger partial charge in [-0.3, -0.25) is 9.36 Å². The molecule has 27 heavy (non-hydrogen) atoms. The Labute approximate surface area is 161 Å². The Morgan fingerprint density at radius 1 is 1.30 bits per heavy atom. The zero-order chi connectivity index (χ0) is 19.0. The van der Waals surface area contributed by atoms with E-state index in [0.717, 1.165) is 35.0 Å². The maximum Gasteiger partial charge on any atom is 0.338 e. The number of ether oxygens (including phenoxy) is 1. The van der Waals surface area contributed by atoms with E-state index in [1.807, 2.05) is 26.0 Å². The van der Waals surface area contributed by atoms with Crippen molar-refractivity contribution in [2.75, 3.05) is 0 Å². The zero-order valence-corrected chi connectivity index (χ0v) is 16.3. The van der Waals surface area contributed by atoms with Crippen molar-refractivity contribution in [1.29, 1.82) is 0 Å². The van der Waals surface area contributed by atoms with Crippen molar-refractivity contribution in [2.45, 2.75) is 52.2 Å². The van der Waals surface area contributed by atoms with Crippen LogP contribution in [0.4, 0.5) is 0 Å². The first-order valence-electron chi connectivity index (χ1n) is 9.32. The van der Waals surface area contributed by atoms with E-state index >= 15 is 0 Å². The van der Waals surface area contributed by atoms with Gasteiger partial charge in [0.05, 0.1) is 29.9 Å². The third kappa shape index (κ3) is 3.54. The number of aryl methyl sites for hydroxylation is 2. The monoisotopic (exact) mass is 382 g/mol. The van der Waals surface area contributed by atoms with Crippen LogP contribution >= 0.6 is 11.3 Å². The smallest absolute Gasteiger partial charge is 0.338 e. The summed E-state index contributed by atoms with van der Waals surface area (Å²) in [6.07, 6.45) is 5.79. The highest BCUT2D eigenvalue weighted by Crippen LogP contribution is 2.33. The largest absolute Gasteiger partial charge is 0.459 e. The summed E-state index contributed by atoms with van der Waals surface area (Å²) >= 11 is 1.66. The average molecular weight is 382 g/mol. The van der Waals surface area contributed by atoms with Crippen LogP contribution in [0.2, 0.25) is 0 Å². The fraction of sp³-hybridized carbons (Fsp3) is 0.381. The Kier molecular flexibility index (Phi) is 4.83. The van der Waals surface area contributed by atoms with E-state index in [9.17, 15) is 9.59 Å². The third-order valence-electron chi connectivity index (χ3n) is 4.80. The number of nitrogens with zero attached hydrogens (tertiary/aromatic N) is 2. The van der Waals surface area contributed by atoms with Gasteiger partial charge in [-0.1, -0.05) is 12.1 Å². The molecule has 0 aliphatic heterocycles. The normalized spacial score (nSPS) is 13.7. The molecule has 6 heteroatoms. The Morgan fingerprint density at radius 3 is 2.93 bits per heavy atom. The van der Waals surface area contributed by atoms with Crippen molar-refractivity contribution >= 4 is 27.5 Å². The lowest BCUT2D eigenvalue weighted by atomic mass is 9.97. The minimum atomic E-state index is -0.348. The molecule has 0 radical (unpaired) electrons. The van der Waals surface area contributed by atoms with Crippen LogP contribution in [0.1, 0.15) is 53.1 Å². The number of hydrogen-bond donors (Lipinski definition) is 0. The van der Waals surface area contributed by atoms with E-state index in [0.29, 0.717) is 12.1 Å². The number of esters is 1. The van der Waals surface area contributed by atoms with Crippen molar-refractivity contribution in [1.82, 2.24) is 9.55 Å². The summed E-state index contributed by atoms with van der Waals surface area (Å²) in [5, 5.41) is 0.785. The quantitative estimate of drug-likeness (QED) is 0.641. The van der Waals surface area contributed by atoms with Crippen molar-refractivity contribution in [3.63, 3.8) is 0 Å². The van der Waals surface area contributed by atoms with E-state index < -0.39 is 0 Å². The maximum absolute atomic E-state index is 13.1. The second-order valence-corrected chi connectivity index (χ2v) is 8.31. The lowest BCUT2D eigenvalue weighted by Crippen LogP contribution is -2.22. The van der Waals surface area contributed by atoms with Gasteiger partial charge in [-0.2, -0.15) is 0 Å². The molecule has 2 aromatic heterocycles. The molecule has 0 saturated carbocycles. The second kappa shape index (κ2) is 7.27. The van der Waals surface area contributed by atoms with Gasteiger partial charge < -0.3 is 4.74 Å². The zero-order valence-electron chi connectivity index (χ0n) is 15.5. The van der Waals surface area contributed by atoms with Crippen LogP contribution in [-0.4, -0.2) is 21.6 Å². The number of benzene rings is 1. The van der Waals surface area contributed by atoms with Crippen LogP contribution in [0.5, 0.6) is 0 Å². The maximum atomic E-state index is 13.1. The molecule has 1 aromatic carbocycles. The molecule has 0 fully saturated rings. The summed E-state index contributed by atoms with van der Waals surface area (Å²) < 4.78 is 6.89. The molecule has 0 N–H and O–H groups in total. The van der Waals surface area contributed by atoms with Crippen molar-refractivity contribution in [3.8, 4) is 0 Å². The van der Waals surface area contributed by atoms with Crippen LogP contribution < -0.4 is 5.56 Å². The fourth-order valence-electron chi connectivity index (χ4n) is 3.57. The molecule has 0 spiro atoms. The number of thiophene rings is 1. The van der Waals surface area contributed by atoms with Gasteiger partial charge in [0.1, 0.15) is 4.83 Å². The topological polar surface area (TPSA) is 61.2 Å². The van der Waals surface area contributed by atoms with Gasteiger partial charge in [-0.25, -0.2) is 9.78 Å². The predicted octanol–water partition coefficient (Wildman–Crippen LogP) is 3.95. The molecule has 5 nitrogen and oxygen atoms in total. The summed E-state index contributed by atoms with van der Waals surface area (Å²) in [7, 11) is 0.